The van der Waals surface area contributed by atoms with Crippen molar-refractivity contribution >= 4 is 53.5 Å². The highest BCUT2D eigenvalue weighted by Gasteiger charge is 2.14. The minimum atomic E-state index is -0.431. The van der Waals surface area contributed by atoms with Gasteiger partial charge in [-0.25, -0.2) is 15.0 Å². The molecule has 0 saturated carbocycles. The van der Waals surface area contributed by atoms with E-state index < -0.39 is 4.92 Å². The normalized spacial score (nSPS) is 9.79. The van der Waals surface area contributed by atoms with Crippen LogP contribution < -0.4 is 0 Å². The highest BCUT2D eigenvalue weighted by atomic mass is 79.9. The third kappa shape index (κ3) is 5.39. The summed E-state index contributed by atoms with van der Waals surface area (Å²) in [5.74, 6) is 0. The highest BCUT2D eigenvalue weighted by Crippen LogP contribution is 2.27. The number of para-hydroxylation sites is 1. The lowest BCUT2D eigenvalue weighted by molar-refractivity contribution is -0.384. The third-order valence-electron chi connectivity index (χ3n) is 2.59. The Morgan fingerprint density at radius 3 is 1.75 bits per heavy atom. The molecule has 2 heterocycles. The van der Waals surface area contributed by atoms with E-state index >= 15 is 0 Å². The van der Waals surface area contributed by atoms with Crippen LogP contribution >= 0.6 is 47.8 Å². The Morgan fingerprint density at radius 2 is 1.29 bits per heavy atom. The van der Waals surface area contributed by atoms with Gasteiger partial charge < -0.3 is 0 Å². The van der Waals surface area contributed by atoms with Crippen molar-refractivity contribution < 1.29 is 4.92 Å². The fourth-order valence-electron chi connectivity index (χ4n) is 1.60. The Bertz CT molecular complexity index is 808. The second-order valence-electron chi connectivity index (χ2n) is 4.16. The highest BCUT2D eigenvalue weighted by molar-refractivity contribution is 9.11. The van der Waals surface area contributed by atoms with Gasteiger partial charge in [0, 0.05) is 6.07 Å². The van der Waals surface area contributed by atoms with E-state index in [0.717, 1.165) is 9.21 Å². The molecule has 0 saturated heterocycles. The Morgan fingerprint density at radius 1 is 0.792 bits per heavy atom. The summed E-state index contributed by atoms with van der Waals surface area (Å²) >= 11 is 9.46. The van der Waals surface area contributed by atoms with E-state index in [1.165, 1.54) is 18.5 Å². The van der Waals surface area contributed by atoms with E-state index in [4.69, 9.17) is 0 Å². The molecule has 0 N–H and O–H groups in total. The molecule has 0 aliphatic rings. The molecule has 0 fully saturated rings. The maximum absolute atomic E-state index is 10.8. The van der Waals surface area contributed by atoms with Crippen LogP contribution in [0.4, 0.5) is 5.69 Å². The lowest BCUT2D eigenvalue weighted by Crippen LogP contribution is -1.93. The summed E-state index contributed by atoms with van der Waals surface area (Å²) in [6.45, 7) is 0. The van der Waals surface area contributed by atoms with Crippen molar-refractivity contribution in [3.05, 3.63) is 73.0 Å². The minimum absolute atomic E-state index is 0.0270. The van der Waals surface area contributed by atoms with Crippen molar-refractivity contribution in [1.29, 1.82) is 0 Å². The summed E-state index contributed by atoms with van der Waals surface area (Å²) in [6, 6.07) is 6.44. The molecular formula is C14H8Br3N5O2. The van der Waals surface area contributed by atoms with Crippen LogP contribution in [0.5, 0.6) is 0 Å². The Balaban J connectivity index is 0.000000219. The first kappa shape index (κ1) is 18.6. The van der Waals surface area contributed by atoms with Crippen molar-refractivity contribution in [1.82, 2.24) is 19.9 Å². The molecule has 10 heteroatoms. The number of aromatic nitrogens is 4. The first-order chi connectivity index (χ1) is 11.5. The summed E-state index contributed by atoms with van der Waals surface area (Å²) in [6.07, 6.45) is 6.26. The molecule has 3 rings (SSSR count). The molecule has 0 bridgehead atoms. The maximum atomic E-state index is 10.8. The van der Waals surface area contributed by atoms with Crippen molar-refractivity contribution in [2.75, 3.05) is 0 Å². The maximum Gasteiger partial charge on any atom is 0.278 e. The summed E-state index contributed by atoms with van der Waals surface area (Å²) < 4.78 is 2.09. The van der Waals surface area contributed by atoms with Gasteiger partial charge in [-0.3, -0.25) is 15.1 Å². The quantitative estimate of drug-likeness (QED) is 0.357. The standard InChI is InChI=1S/C10H6BrN3O2.C4H2Br2N2/c11-10-6-12-8(5-13-10)7-3-1-2-4-9(7)14(15)16;5-3-1-7-4(6)2-8-3/h1-6H;1-2H. The Hall–Kier alpha value is -1.78. The summed E-state index contributed by atoms with van der Waals surface area (Å²) in [4.78, 5) is 26.2. The molecule has 7 nitrogen and oxygen atoms in total. The van der Waals surface area contributed by atoms with Gasteiger partial charge >= 0.3 is 0 Å². The zero-order valence-electron chi connectivity index (χ0n) is 11.8. The van der Waals surface area contributed by atoms with Crippen LogP contribution in [0.2, 0.25) is 0 Å². The second kappa shape index (κ2) is 8.90. The van der Waals surface area contributed by atoms with Crippen LogP contribution in [0.25, 0.3) is 11.3 Å². The first-order valence-electron chi connectivity index (χ1n) is 6.31. The Kier molecular flexibility index (Phi) is 6.88. The summed E-state index contributed by atoms with van der Waals surface area (Å²) in [5.41, 5.74) is 0.974. The largest absolute Gasteiger partial charge is 0.278 e. The molecule has 0 radical (unpaired) electrons. The predicted octanol–water partition coefficient (Wildman–Crippen LogP) is 4.82. The van der Waals surface area contributed by atoms with E-state index in [1.54, 1.807) is 30.6 Å². The fraction of sp³-hybridized carbons (Fsp3) is 0. The number of hydrogen-bond donors (Lipinski definition) is 0. The number of rotatable bonds is 2. The van der Waals surface area contributed by atoms with Gasteiger partial charge in [-0.1, -0.05) is 12.1 Å². The average molecular weight is 518 g/mol. The average Bonchev–Trinajstić information content (AvgIpc) is 2.59. The molecule has 0 aliphatic carbocycles. The lowest BCUT2D eigenvalue weighted by Gasteiger charge is -2.01. The van der Waals surface area contributed by atoms with Gasteiger partial charge in [0.15, 0.2) is 0 Å². The molecule has 0 unspecified atom stereocenters. The van der Waals surface area contributed by atoms with Gasteiger partial charge in [-0.2, -0.15) is 0 Å². The monoisotopic (exact) mass is 515 g/mol. The molecule has 122 valence electrons. The molecule has 3 aromatic rings. The van der Waals surface area contributed by atoms with E-state index in [9.17, 15) is 10.1 Å². The summed E-state index contributed by atoms with van der Waals surface area (Å²) in [7, 11) is 0. The SMILES string of the molecule is Brc1cnc(Br)cn1.O=[N+]([O-])c1ccccc1-c1cnc(Br)cn1. The van der Waals surface area contributed by atoms with Crippen molar-refractivity contribution in [2.24, 2.45) is 0 Å². The topological polar surface area (TPSA) is 94.7 Å². The van der Waals surface area contributed by atoms with Gasteiger partial charge in [0.2, 0.25) is 0 Å². The van der Waals surface area contributed by atoms with Crippen LogP contribution in [-0.2, 0) is 0 Å². The van der Waals surface area contributed by atoms with Gasteiger partial charge in [0.05, 0.1) is 41.0 Å². The number of nitro benzene ring substituents is 1. The Labute approximate surface area is 162 Å². The number of benzene rings is 1. The van der Waals surface area contributed by atoms with Gasteiger partial charge in [-0.05, 0) is 53.9 Å². The van der Waals surface area contributed by atoms with E-state index in [-0.39, 0.29) is 5.69 Å². The van der Waals surface area contributed by atoms with Crippen LogP contribution in [0, 0.1) is 10.1 Å². The molecule has 0 atom stereocenters. The molecule has 0 spiro atoms. The molecule has 0 aliphatic heterocycles. The minimum Gasteiger partial charge on any atom is -0.258 e. The summed E-state index contributed by atoms with van der Waals surface area (Å²) in [5, 5.41) is 10.8. The van der Waals surface area contributed by atoms with Crippen LogP contribution in [-0.4, -0.2) is 24.9 Å². The lowest BCUT2D eigenvalue weighted by atomic mass is 10.1. The zero-order valence-corrected chi connectivity index (χ0v) is 16.6. The fourth-order valence-corrected chi connectivity index (χ4v) is 2.21. The van der Waals surface area contributed by atoms with E-state index in [1.807, 2.05) is 0 Å². The van der Waals surface area contributed by atoms with Gasteiger partial charge in [0.25, 0.3) is 5.69 Å². The third-order valence-corrected chi connectivity index (χ3v) is 3.81. The smallest absolute Gasteiger partial charge is 0.258 e. The molecular weight excluding hydrogens is 510 g/mol. The van der Waals surface area contributed by atoms with Crippen molar-refractivity contribution in [3.63, 3.8) is 0 Å². The number of hydrogen-bond acceptors (Lipinski definition) is 6. The number of nitrogens with zero attached hydrogens (tertiary/aromatic N) is 5. The first-order valence-corrected chi connectivity index (χ1v) is 8.69. The van der Waals surface area contributed by atoms with Gasteiger partial charge in [-0.15, -0.1) is 0 Å². The van der Waals surface area contributed by atoms with Crippen LogP contribution in [0.15, 0.2) is 62.9 Å². The van der Waals surface area contributed by atoms with E-state index in [0.29, 0.717) is 15.9 Å². The van der Waals surface area contributed by atoms with Crippen molar-refractivity contribution in [3.8, 4) is 11.3 Å². The van der Waals surface area contributed by atoms with Crippen molar-refractivity contribution in [2.45, 2.75) is 0 Å². The number of halogens is 3. The van der Waals surface area contributed by atoms with Gasteiger partial charge in [0.1, 0.15) is 13.8 Å². The van der Waals surface area contributed by atoms with E-state index in [2.05, 4.69) is 67.7 Å². The molecule has 1 aromatic carbocycles. The van der Waals surface area contributed by atoms with Crippen LogP contribution in [0.3, 0.4) is 0 Å². The molecule has 0 amide bonds. The molecule has 2 aromatic heterocycles. The molecule has 24 heavy (non-hydrogen) atoms. The number of nitro groups is 1. The predicted molar refractivity (Wildman–Crippen MR) is 99.3 cm³/mol. The van der Waals surface area contributed by atoms with Crippen LogP contribution in [0.1, 0.15) is 0 Å². The second-order valence-corrected chi connectivity index (χ2v) is 6.60. The zero-order chi connectivity index (χ0) is 17.5.